The number of halogens is 1. The van der Waals surface area contributed by atoms with Gasteiger partial charge in [0, 0.05) is 22.8 Å². The number of ketones is 1. The highest BCUT2D eigenvalue weighted by Gasteiger charge is 2.33. The van der Waals surface area contributed by atoms with Crippen molar-refractivity contribution in [2.24, 2.45) is 5.41 Å². The number of aryl methyl sites for hydroxylation is 1. The lowest BCUT2D eigenvalue weighted by Crippen LogP contribution is -2.28. The van der Waals surface area contributed by atoms with E-state index in [2.05, 4.69) is 5.32 Å². The van der Waals surface area contributed by atoms with Crippen molar-refractivity contribution < 1.29 is 4.79 Å². The molecule has 0 bridgehead atoms. The molecule has 20 heavy (non-hydrogen) atoms. The molecule has 0 saturated heterocycles. The van der Waals surface area contributed by atoms with Gasteiger partial charge < -0.3 is 5.32 Å². The molecular weight excluding hydrogens is 272 g/mol. The third kappa shape index (κ3) is 3.02. The smallest absolute Gasteiger partial charge is 0.175 e. The average molecular weight is 289 g/mol. The van der Waals surface area contributed by atoms with E-state index in [1.54, 1.807) is 0 Å². The zero-order chi connectivity index (χ0) is 14.9. The van der Waals surface area contributed by atoms with E-state index in [0.717, 1.165) is 11.3 Å². The first-order chi connectivity index (χ1) is 9.32. The lowest BCUT2D eigenvalue weighted by atomic mass is 9.76. The molecule has 0 spiro atoms. The molecule has 0 aromatic heterocycles. The molecule has 1 aromatic carbocycles. The number of rotatable bonds is 2. The summed E-state index contributed by atoms with van der Waals surface area (Å²) < 4.78 is 0. The fourth-order valence-electron chi connectivity index (χ4n) is 2.40. The highest BCUT2D eigenvalue weighted by molar-refractivity contribution is 6.31. The Balaban J connectivity index is 2.36. The molecule has 104 valence electrons. The van der Waals surface area contributed by atoms with Gasteiger partial charge in [-0.3, -0.25) is 4.79 Å². The third-order valence-corrected chi connectivity index (χ3v) is 3.86. The average Bonchev–Trinajstić information content (AvgIpc) is 2.32. The summed E-state index contributed by atoms with van der Waals surface area (Å²) >= 11 is 6.10. The van der Waals surface area contributed by atoms with Crippen molar-refractivity contribution in [2.45, 2.75) is 33.6 Å². The highest BCUT2D eigenvalue weighted by atomic mass is 35.5. The normalized spacial score (nSPS) is 17.9. The maximum absolute atomic E-state index is 12.0. The Labute approximate surface area is 124 Å². The Morgan fingerprint density at radius 1 is 1.35 bits per heavy atom. The number of nitrogens with zero attached hydrogens (tertiary/aromatic N) is 1. The number of nitrogens with one attached hydrogen (secondary N) is 1. The van der Waals surface area contributed by atoms with Crippen LogP contribution >= 0.6 is 11.6 Å². The summed E-state index contributed by atoms with van der Waals surface area (Å²) in [7, 11) is 0. The van der Waals surface area contributed by atoms with E-state index >= 15 is 0 Å². The predicted octanol–water partition coefficient (Wildman–Crippen LogP) is 4.23. The van der Waals surface area contributed by atoms with Crippen molar-refractivity contribution in [1.82, 2.24) is 0 Å². The van der Waals surface area contributed by atoms with Crippen LogP contribution in [-0.2, 0) is 4.79 Å². The van der Waals surface area contributed by atoms with Crippen LogP contribution in [-0.4, -0.2) is 5.78 Å². The summed E-state index contributed by atoms with van der Waals surface area (Å²) in [4.78, 5) is 12.0. The number of hydrogen-bond acceptors (Lipinski definition) is 3. The van der Waals surface area contributed by atoms with Crippen LogP contribution in [0, 0.1) is 23.7 Å². The molecule has 0 unspecified atom stereocenters. The largest absolute Gasteiger partial charge is 0.358 e. The number of allylic oxidation sites excluding steroid dienone is 2. The van der Waals surface area contributed by atoms with Gasteiger partial charge in [0.1, 0.15) is 11.6 Å². The van der Waals surface area contributed by atoms with E-state index < -0.39 is 0 Å². The van der Waals surface area contributed by atoms with E-state index in [4.69, 9.17) is 11.6 Å². The number of carbonyl (C=O) groups is 1. The fraction of sp³-hybridized carbons (Fsp3) is 0.375. The van der Waals surface area contributed by atoms with Gasteiger partial charge in [-0.1, -0.05) is 31.5 Å². The lowest BCUT2D eigenvalue weighted by molar-refractivity contribution is -0.117. The molecule has 0 saturated carbocycles. The van der Waals surface area contributed by atoms with Crippen LogP contribution < -0.4 is 5.32 Å². The predicted molar refractivity (Wildman–Crippen MR) is 80.5 cm³/mol. The summed E-state index contributed by atoms with van der Waals surface area (Å²) in [6.07, 6.45) is 1.09. The van der Waals surface area contributed by atoms with Crippen LogP contribution in [0.25, 0.3) is 0 Å². The zero-order valence-corrected chi connectivity index (χ0v) is 12.6. The van der Waals surface area contributed by atoms with Gasteiger partial charge in [-0.25, -0.2) is 0 Å². The van der Waals surface area contributed by atoms with E-state index in [1.807, 2.05) is 45.0 Å². The standard InChI is InChI=1S/C16H17ClN2O/c1-10-4-5-11(6-13(10)17)19-14-7-16(2,3)8-15(20)12(14)9-18/h4-6,19H,7-8H2,1-3H3. The molecule has 4 heteroatoms. The second kappa shape index (κ2) is 5.30. The van der Waals surface area contributed by atoms with Gasteiger partial charge >= 0.3 is 0 Å². The van der Waals surface area contributed by atoms with Gasteiger partial charge in [0.05, 0.1) is 0 Å². The summed E-state index contributed by atoms with van der Waals surface area (Å²) in [6, 6.07) is 7.64. The van der Waals surface area contributed by atoms with Gasteiger partial charge in [0.25, 0.3) is 0 Å². The SMILES string of the molecule is Cc1ccc(NC2=C(C#N)C(=O)CC(C)(C)C2)cc1Cl. The summed E-state index contributed by atoms with van der Waals surface area (Å²) in [5.74, 6) is -0.0931. The summed E-state index contributed by atoms with van der Waals surface area (Å²) in [6.45, 7) is 5.99. The third-order valence-electron chi connectivity index (χ3n) is 3.45. The topological polar surface area (TPSA) is 52.9 Å². The highest BCUT2D eigenvalue weighted by Crippen LogP contribution is 2.37. The molecule has 1 aromatic rings. The van der Waals surface area contributed by atoms with Crippen LogP contribution in [0.5, 0.6) is 0 Å². The zero-order valence-electron chi connectivity index (χ0n) is 11.9. The van der Waals surface area contributed by atoms with E-state index in [1.165, 1.54) is 0 Å². The van der Waals surface area contributed by atoms with Gasteiger partial charge in [-0.2, -0.15) is 5.26 Å². The van der Waals surface area contributed by atoms with Crippen molar-refractivity contribution in [1.29, 1.82) is 5.26 Å². The van der Waals surface area contributed by atoms with Crippen LogP contribution in [0.15, 0.2) is 29.5 Å². The number of anilines is 1. The number of Topliss-reactive ketones (excluding diaryl/α,β-unsaturated/α-hetero) is 1. The minimum Gasteiger partial charge on any atom is -0.358 e. The summed E-state index contributed by atoms with van der Waals surface area (Å²) in [5.41, 5.74) is 2.59. The van der Waals surface area contributed by atoms with Crippen molar-refractivity contribution >= 4 is 23.1 Å². The molecule has 1 aliphatic rings. The molecule has 0 heterocycles. The van der Waals surface area contributed by atoms with Crippen LogP contribution in [0.3, 0.4) is 0 Å². The molecule has 0 fully saturated rings. The Morgan fingerprint density at radius 3 is 2.65 bits per heavy atom. The molecule has 1 aliphatic carbocycles. The monoisotopic (exact) mass is 288 g/mol. The number of hydrogen-bond donors (Lipinski definition) is 1. The number of carbonyl (C=O) groups excluding carboxylic acids is 1. The first-order valence-electron chi connectivity index (χ1n) is 6.52. The van der Waals surface area contributed by atoms with Gasteiger partial charge in [-0.05, 0) is 36.5 Å². The van der Waals surface area contributed by atoms with Gasteiger partial charge in [0.15, 0.2) is 5.78 Å². The van der Waals surface area contributed by atoms with E-state index in [-0.39, 0.29) is 16.8 Å². The minimum atomic E-state index is -0.131. The summed E-state index contributed by atoms with van der Waals surface area (Å²) in [5, 5.41) is 13.0. The molecular formula is C16H17ClN2O. The molecule has 0 aliphatic heterocycles. The lowest BCUT2D eigenvalue weighted by Gasteiger charge is -2.30. The van der Waals surface area contributed by atoms with Gasteiger partial charge in [0.2, 0.25) is 0 Å². The Kier molecular flexibility index (Phi) is 3.87. The van der Waals surface area contributed by atoms with Gasteiger partial charge in [-0.15, -0.1) is 0 Å². The van der Waals surface area contributed by atoms with Crippen molar-refractivity contribution in [3.8, 4) is 6.07 Å². The quantitative estimate of drug-likeness (QED) is 0.886. The van der Waals surface area contributed by atoms with Crippen molar-refractivity contribution in [3.63, 3.8) is 0 Å². The molecule has 0 atom stereocenters. The van der Waals surface area contributed by atoms with Crippen LogP contribution in [0.4, 0.5) is 5.69 Å². The molecule has 1 N–H and O–H groups in total. The second-order valence-electron chi connectivity index (χ2n) is 6.00. The Hall–Kier alpha value is -1.79. The first-order valence-corrected chi connectivity index (χ1v) is 6.90. The number of benzene rings is 1. The molecule has 0 amide bonds. The Bertz CT molecular complexity index is 638. The maximum atomic E-state index is 12.0. The molecule has 3 nitrogen and oxygen atoms in total. The van der Waals surface area contributed by atoms with Crippen molar-refractivity contribution in [3.05, 3.63) is 40.1 Å². The maximum Gasteiger partial charge on any atom is 0.175 e. The molecule has 2 rings (SSSR count). The molecule has 0 radical (unpaired) electrons. The van der Waals surface area contributed by atoms with E-state index in [0.29, 0.717) is 23.6 Å². The van der Waals surface area contributed by atoms with Crippen molar-refractivity contribution in [2.75, 3.05) is 5.32 Å². The van der Waals surface area contributed by atoms with Crippen LogP contribution in [0.2, 0.25) is 5.02 Å². The Morgan fingerprint density at radius 2 is 2.05 bits per heavy atom. The van der Waals surface area contributed by atoms with E-state index in [9.17, 15) is 10.1 Å². The van der Waals surface area contributed by atoms with Crippen LogP contribution in [0.1, 0.15) is 32.3 Å². The second-order valence-corrected chi connectivity index (χ2v) is 6.40. The minimum absolute atomic E-state index is 0.0931. The number of nitriles is 1. The first kappa shape index (κ1) is 14.6. The fourth-order valence-corrected chi connectivity index (χ4v) is 2.58.